The number of benzene rings is 2. The molecule has 0 bridgehead atoms. The van der Waals surface area contributed by atoms with Gasteiger partial charge in [-0.25, -0.2) is 13.9 Å². The summed E-state index contributed by atoms with van der Waals surface area (Å²) in [5.41, 5.74) is 2.33. The number of nitrogens with zero attached hydrogens (tertiary/aromatic N) is 4. The van der Waals surface area contributed by atoms with Gasteiger partial charge in [-0.05, 0) is 42.8 Å². The summed E-state index contributed by atoms with van der Waals surface area (Å²) in [4.78, 5) is 26.3. The molecule has 1 fully saturated rings. The van der Waals surface area contributed by atoms with Gasteiger partial charge in [0.15, 0.2) is 0 Å². The maximum absolute atomic E-state index is 14.3. The number of rotatable bonds is 4. The van der Waals surface area contributed by atoms with E-state index < -0.39 is 11.7 Å². The van der Waals surface area contributed by atoms with Gasteiger partial charge in [-0.1, -0.05) is 11.3 Å². The van der Waals surface area contributed by atoms with Crippen molar-refractivity contribution in [3.05, 3.63) is 65.7 Å². The van der Waals surface area contributed by atoms with Gasteiger partial charge in [0, 0.05) is 18.8 Å². The molecule has 2 heterocycles. The molecule has 4 rings (SSSR count). The molecule has 2 N–H and O–H groups in total. The normalized spacial score (nSPS) is 13.5. The van der Waals surface area contributed by atoms with E-state index in [9.17, 15) is 14.0 Å². The number of hydrogen-bond acceptors (Lipinski definition) is 4. The second kappa shape index (κ2) is 7.10. The van der Waals surface area contributed by atoms with Crippen molar-refractivity contribution >= 4 is 23.3 Å². The summed E-state index contributed by atoms with van der Waals surface area (Å²) in [6, 6.07) is 9.21. The van der Waals surface area contributed by atoms with E-state index in [0.717, 1.165) is 5.56 Å². The second-order valence-corrected chi connectivity index (χ2v) is 6.30. The highest BCUT2D eigenvalue weighted by atomic mass is 19.1. The smallest absolute Gasteiger partial charge is 0.322 e. The standard InChI is InChI=1S/C19H17FN6O2/c1-12-16(3-2-4-17(12)25-9-7-21-19(25)28)23-18(27)14-11-13(5-6-15(14)20)26-10-8-22-24-26/h2-6,8,10-11H,7,9H2,1H3,(H,21,28)(H,23,27). The van der Waals surface area contributed by atoms with E-state index in [1.807, 2.05) is 6.07 Å². The molecular formula is C19H17FN6O2. The maximum atomic E-state index is 14.3. The summed E-state index contributed by atoms with van der Waals surface area (Å²) in [5, 5.41) is 13.0. The molecule has 28 heavy (non-hydrogen) atoms. The van der Waals surface area contributed by atoms with Crippen molar-refractivity contribution in [2.24, 2.45) is 0 Å². The Labute approximate surface area is 160 Å². The predicted molar refractivity (Wildman–Crippen MR) is 101 cm³/mol. The summed E-state index contributed by atoms with van der Waals surface area (Å²) >= 11 is 0. The van der Waals surface area contributed by atoms with Crippen LogP contribution in [-0.4, -0.2) is 40.0 Å². The fourth-order valence-electron chi connectivity index (χ4n) is 3.12. The van der Waals surface area contributed by atoms with Crippen LogP contribution in [0.3, 0.4) is 0 Å². The zero-order valence-corrected chi connectivity index (χ0v) is 15.0. The number of amides is 3. The molecule has 1 aromatic heterocycles. The van der Waals surface area contributed by atoms with Gasteiger partial charge in [0.1, 0.15) is 5.82 Å². The zero-order chi connectivity index (χ0) is 19.7. The van der Waals surface area contributed by atoms with E-state index in [4.69, 9.17) is 0 Å². The van der Waals surface area contributed by atoms with Crippen molar-refractivity contribution in [2.45, 2.75) is 6.92 Å². The van der Waals surface area contributed by atoms with Crippen molar-refractivity contribution in [3.63, 3.8) is 0 Å². The van der Waals surface area contributed by atoms with Crippen molar-refractivity contribution in [1.82, 2.24) is 20.3 Å². The Kier molecular flexibility index (Phi) is 4.48. The average molecular weight is 380 g/mol. The Bertz CT molecular complexity index is 1050. The Morgan fingerprint density at radius 2 is 2.14 bits per heavy atom. The topological polar surface area (TPSA) is 92.2 Å². The van der Waals surface area contributed by atoms with E-state index in [2.05, 4.69) is 20.9 Å². The van der Waals surface area contributed by atoms with Crippen LogP contribution in [0, 0.1) is 12.7 Å². The van der Waals surface area contributed by atoms with Crippen LogP contribution in [0.1, 0.15) is 15.9 Å². The van der Waals surface area contributed by atoms with Crippen LogP contribution in [0.5, 0.6) is 0 Å². The fourth-order valence-corrected chi connectivity index (χ4v) is 3.12. The molecule has 0 spiro atoms. The Hall–Kier alpha value is -3.75. The molecule has 3 aromatic rings. The molecule has 1 aliphatic heterocycles. The lowest BCUT2D eigenvalue weighted by molar-refractivity contribution is 0.102. The molecule has 0 radical (unpaired) electrons. The number of aromatic nitrogens is 3. The van der Waals surface area contributed by atoms with Crippen molar-refractivity contribution in [1.29, 1.82) is 0 Å². The number of carbonyl (C=O) groups is 2. The minimum absolute atomic E-state index is 0.114. The molecule has 8 nitrogen and oxygen atoms in total. The van der Waals surface area contributed by atoms with Gasteiger partial charge in [-0.2, -0.15) is 0 Å². The number of hydrogen-bond donors (Lipinski definition) is 2. The van der Waals surface area contributed by atoms with Gasteiger partial charge < -0.3 is 10.6 Å². The van der Waals surface area contributed by atoms with Gasteiger partial charge in [0.2, 0.25) is 0 Å². The van der Waals surface area contributed by atoms with Gasteiger partial charge in [0.25, 0.3) is 5.91 Å². The molecule has 0 unspecified atom stereocenters. The minimum atomic E-state index is -0.644. The first-order valence-electron chi connectivity index (χ1n) is 8.67. The molecule has 142 valence electrons. The van der Waals surface area contributed by atoms with Crippen LogP contribution < -0.4 is 15.5 Å². The number of carbonyl (C=O) groups excluding carboxylic acids is 2. The molecule has 1 aliphatic rings. The van der Waals surface area contributed by atoms with Crippen LogP contribution >= 0.6 is 0 Å². The molecular weight excluding hydrogens is 363 g/mol. The molecule has 1 saturated heterocycles. The number of urea groups is 1. The quantitative estimate of drug-likeness (QED) is 0.727. The molecule has 0 aliphatic carbocycles. The number of halogens is 1. The number of nitrogens with one attached hydrogen (secondary N) is 2. The summed E-state index contributed by atoms with van der Waals surface area (Å²) in [6.45, 7) is 2.92. The van der Waals surface area contributed by atoms with Crippen molar-refractivity contribution in [3.8, 4) is 5.69 Å². The maximum Gasteiger partial charge on any atom is 0.322 e. The predicted octanol–water partition coefficient (Wildman–Crippen LogP) is 2.50. The monoisotopic (exact) mass is 380 g/mol. The first-order valence-corrected chi connectivity index (χ1v) is 8.67. The summed E-state index contributed by atoms with van der Waals surface area (Å²) in [7, 11) is 0. The van der Waals surface area contributed by atoms with E-state index in [-0.39, 0.29) is 11.6 Å². The van der Waals surface area contributed by atoms with E-state index in [1.165, 1.54) is 29.1 Å². The molecule has 9 heteroatoms. The summed E-state index contributed by atoms with van der Waals surface area (Å²) in [5.74, 6) is -1.24. The Morgan fingerprint density at radius 3 is 2.86 bits per heavy atom. The SMILES string of the molecule is Cc1c(NC(=O)c2cc(-n3ccnn3)ccc2F)cccc1N1CCNC1=O. The first-order chi connectivity index (χ1) is 13.5. The fraction of sp³-hybridized carbons (Fsp3) is 0.158. The Morgan fingerprint density at radius 1 is 1.29 bits per heavy atom. The average Bonchev–Trinajstić information content (AvgIpc) is 3.36. The van der Waals surface area contributed by atoms with E-state index >= 15 is 0 Å². The van der Waals surface area contributed by atoms with Crippen LogP contribution in [0.25, 0.3) is 5.69 Å². The lowest BCUT2D eigenvalue weighted by Crippen LogP contribution is -2.28. The molecule has 0 saturated carbocycles. The van der Waals surface area contributed by atoms with Gasteiger partial charge in [-0.15, -0.1) is 5.10 Å². The third-order valence-electron chi connectivity index (χ3n) is 4.58. The third-order valence-corrected chi connectivity index (χ3v) is 4.58. The van der Waals surface area contributed by atoms with Gasteiger partial charge in [0.05, 0.1) is 29.3 Å². The van der Waals surface area contributed by atoms with Crippen molar-refractivity contribution < 1.29 is 14.0 Å². The first kappa shape index (κ1) is 17.7. The summed E-state index contributed by atoms with van der Waals surface area (Å²) < 4.78 is 15.7. The lowest BCUT2D eigenvalue weighted by Gasteiger charge is -2.19. The molecule has 3 amide bonds. The van der Waals surface area contributed by atoms with Gasteiger partial charge in [-0.3, -0.25) is 9.69 Å². The van der Waals surface area contributed by atoms with Crippen LogP contribution in [0.15, 0.2) is 48.8 Å². The summed E-state index contributed by atoms with van der Waals surface area (Å²) in [6.07, 6.45) is 3.09. The zero-order valence-electron chi connectivity index (χ0n) is 15.0. The van der Waals surface area contributed by atoms with Gasteiger partial charge >= 0.3 is 6.03 Å². The minimum Gasteiger partial charge on any atom is -0.336 e. The third kappa shape index (κ3) is 3.18. The highest BCUT2D eigenvalue weighted by molar-refractivity contribution is 6.06. The Balaban J connectivity index is 1.62. The largest absolute Gasteiger partial charge is 0.336 e. The number of anilines is 2. The highest BCUT2D eigenvalue weighted by Crippen LogP contribution is 2.28. The van der Waals surface area contributed by atoms with E-state index in [0.29, 0.717) is 30.2 Å². The van der Waals surface area contributed by atoms with Crippen LogP contribution in [-0.2, 0) is 0 Å². The highest BCUT2D eigenvalue weighted by Gasteiger charge is 2.24. The lowest BCUT2D eigenvalue weighted by atomic mass is 10.1. The second-order valence-electron chi connectivity index (χ2n) is 6.30. The molecule has 2 aromatic carbocycles. The van der Waals surface area contributed by atoms with Crippen LogP contribution in [0.2, 0.25) is 0 Å². The van der Waals surface area contributed by atoms with Crippen LogP contribution in [0.4, 0.5) is 20.6 Å². The van der Waals surface area contributed by atoms with Crippen molar-refractivity contribution in [2.75, 3.05) is 23.3 Å². The van der Waals surface area contributed by atoms with E-state index in [1.54, 1.807) is 30.2 Å². The molecule has 0 atom stereocenters.